The minimum atomic E-state index is -0.556. The van der Waals surface area contributed by atoms with Gasteiger partial charge in [0.05, 0.1) is 12.0 Å². The van der Waals surface area contributed by atoms with Gasteiger partial charge in [-0.25, -0.2) is 0 Å². The zero-order valence-electron chi connectivity index (χ0n) is 16.7. The Hall–Kier alpha value is -3.37. The van der Waals surface area contributed by atoms with Crippen molar-refractivity contribution in [3.63, 3.8) is 0 Å². The molecular weight excluding hydrogens is 450 g/mol. The number of hydrogen-bond donors (Lipinski definition) is 1. The van der Waals surface area contributed by atoms with E-state index in [2.05, 4.69) is 40.2 Å². The van der Waals surface area contributed by atoms with Gasteiger partial charge >= 0.3 is 0 Å². The van der Waals surface area contributed by atoms with Crippen molar-refractivity contribution in [3.05, 3.63) is 130 Å². The maximum Gasteiger partial charge on any atom is 0.240 e. The summed E-state index contributed by atoms with van der Waals surface area (Å²) in [6, 6.07) is 33.1. The third-order valence-corrected chi connectivity index (χ3v) is 6.28. The highest BCUT2D eigenvalue weighted by Crippen LogP contribution is 2.48. The smallest absolute Gasteiger partial charge is 0.240 e. The Balaban J connectivity index is 1.70. The molecule has 1 aliphatic rings. The molecule has 0 radical (unpaired) electrons. The zero-order chi connectivity index (χ0) is 21.4. The van der Waals surface area contributed by atoms with Crippen LogP contribution in [0.3, 0.4) is 0 Å². The summed E-state index contributed by atoms with van der Waals surface area (Å²) in [5.74, 6) is -0.490. The van der Waals surface area contributed by atoms with Crippen LogP contribution in [-0.2, 0) is 4.79 Å². The van der Waals surface area contributed by atoms with E-state index in [1.165, 1.54) is 0 Å². The molecule has 1 heterocycles. The van der Waals surface area contributed by atoms with E-state index in [0.717, 1.165) is 26.9 Å². The van der Waals surface area contributed by atoms with Gasteiger partial charge in [-0.15, -0.1) is 0 Å². The molecule has 1 amide bonds. The Bertz CT molecular complexity index is 1200. The summed E-state index contributed by atoms with van der Waals surface area (Å²) in [4.78, 5) is 15.9. The molecule has 4 heteroatoms. The van der Waals surface area contributed by atoms with Gasteiger partial charge in [-0.2, -0.15) is 0 Å². The molecular formula is C27H20BrNO2. The third-order valence-electron chi connectivity index (χ3n) is 5.78. The normalized spacial score (nSPS) is 15.4. The number of anilines is 1. The van der Waals surface area contributed by atoms with Crippen molar-refractivity contribution in [3.8, 4) is 5.75 Å². The second kappa shape index (κ2) is 8.05. The molecule has 0 aliphatic carbocycles. The second-order valence-corrected chi connectivity index (χ2v) is 8.54. The molecule has 4 aromatic carbocycles. The highest BCUT2D eigenvalue weighted by atomic mass is 79.9. The van der Waals surface area contributed by atoms with Gasteiger partial charge in [-0.1, -0.05) is 101 Å². The third kappa shape index (κ3) is 3.43. The molecule has 4 aromatic rings. The van der Waals surface area contributed by atoms with E-state index in [4.69, 9.17) is 0 Å². The Morgan fingerprint density at radius 3 is 1.94 bits per heavy atom. The summed E-state index contributed by atoms with van der Waals surface area (Å²) in [5.41, 5.74) is 4.47. The fraction of sp³-hybridized carbons (Fsp3) is 0.0741. The molecule has 1 atom stereocenters. The standard InChI is InChI=1S/C27H20BrNO2/c28-20-15-16-22(24(30)17-20)25-21-13-7-8-14-23(21)29(27(25)31)26(18-9-3-1-4-10-18)19-11-5-2-6-12-19/h1-17,25-26,30H. The van der Waals surface area contributed by atoms with Gasteiger partial charge in [0.25, 0.3) is 0 Å². The van der Waals surface area contributed by atoms with E-state index in [1.807, 2.05) is 77.7 Å². The van der Waals surface area contributed by atoms with Crippen LogP contribution < -0.4 is 4.90 Å². The number of carbonyl (C=O) groups excluding carboxylic acids is 1. The van der Waals surface area contributed by atoms with Crippen LogP contribution in [0.2, 0.25) is 0 Å². The van der Waals surface area contributed by atoms with Crippen LogP contribution >= 0.6 is 15.9 Å². The number of halogens is 1. The molecule has 5 rings (SSSR count). The van der Waals surface area contributed by atoms with Gasteiger partial charge in [0.2, 0.25) is 5.91 Å². The minimum absolute atomic E-state index is 0.0449. The number of phenolic OH excluding ortho intramolecular Hbond substituents is 1. The van der Waals surface area contributed by atoms with Crippen LogP contribution in [0.4, 0.5) is 5.69 Å². The maximum atomic E-state index is 14.0. The molecule has 0 saturated carbocycles. The van der Waals surface area contributed by atoms with Crippen molar-refractivity contribution in [2.75, 3.05) is 4.90 Å². The number of phenols is 1. The van der Waals surface area contributed by atoms with E-state index in [-0.39, 0.29) is 17.7 Å². The summed E-state index contributed by atoms with van der Waals surface area (Å²) >= 11 is 3.39. The minimum Gasteiger partial charge on any atom is -0.508 e. The van der Waals surface area contributed by atoms with Crippen molar-refractivity contribution in [1.82, 2.24) is 0 Å². The average molecular weight is 470 g/mol. The van der Waals surface area contributed by atoms with E-state index >= 15 is 0 Å². The molecule has 0 aromatic heterocycles. The predicted molar refractivity (Wildman–Crippen MR) is 126 cm³/mol. The number of nitrogens with zero attached hydrogens (tertiary/aromatic N) is 1. The average Bonchev–Trinajstić information content (AvgIpc) is 3.08. The fourth-order valence-corrected chi connectivity index (χ4v) is 4.78. The van der Waals surface area contributed by atoms with E-state index in [0.29, 0.717) is 5.56 Å². The number of hydrogen-bond acceptors (Lipinski definition) is 2. The first-order valence-corrected chi connectivity index (χ1v) is 10.9. The SMILES string of the molecule is O=C1C(c2ccc(Br)cc2O)c2ccccc2N1C(c1ccccc1)c1ccccc1. The first kappa shape index (κ1) is 19.6. The summed E-state index contributed by atoms with van der Waals surface area (Å²) < 4.78 is 0.774. The van der Waals surface area contributed by atoms with E-state index in [1.54, 1.807) is 6.07 Å². The Morgan fingerprint density at radius 1 is 0.742 bits per heavy atom. The van der Waals surface area contributed by atoms with Gasteiger partial charge in [0.1, 0.15) is 5.75 Å². The molecule has 1 aliphatic heterocycles. The second-order valence-electron chi connectivity index (χ2n) is 7.63. The van der Waals surface area contributed by atoms with E-state index < -0.39 is 5.92 Å². The lowest BCUT2D eigenvalue weighted by atomic mass is 9.92. The lowest BCUT2D eigenvalue weighted by Crippen LogP contribution is -2.34. The number of rotatable bonds is 4. The number of benzene rings is 4. The van der Waals surface area contributed by atoms with Gasteiger partial charge in [-0.05, 0) is 34.9 Å². The summed E-state index contributed by atoms with van der Waals surface area (Å²) in [5, 5.41) is 10.7. The van der Waals surface area contributed by atoms with Crippen molar-refractivity contribution in [2.45, 2.75) is 12.0 Å². The van der Waals surface area contributed by atoms with Crippen LogP contribution in [0.5, 0.6) is 5.75 Å². The molecule has 3 nitrogen and oxygen atoms in total. The van der Waals surface area contributed by atoms with Gasteiger partial charge < -0.3 is 5.11 Å². The number of aromatic hydroxyl groups is 1. The fourth-order valence-electron chi connectivity index (χ4n) is 4.43. The summed E-state index contributed by atoms with van der Waals surface area (Å²) in [6.45, 7) is 0. The quantitative estimate of drug-likeness (QED) is 0.374. The predicted octanol–water partition coefficient (Wildman–Crippen LogP) is 6.42. The number of carbonyl (C=O) groups is 1. The van der Waals surface area contributed by atoms with Crippen LogP contribution in [0.25, 0.3) is 0 Å². The van der Waals surface area contributed by atoms with Crippen molar-refractivity contribution >= 4 is 27.5 Å². The summed E-state index contributed by atoms with van der Waals surface area (Å²) in [7, 11) is 0. The van der Waals surface area contributed by atoms with Gasteiger partial charge in [-0.3, -0.25) is 9.69 Å². The topological polar surface area (TPSA) is 40.5 Å². The molecule has 152 valence electrons. The number of amides is 1. The summed E-state index contributed by atoms with van der Waals surface area (Å²) in [6.07, 6.45) is 0. The molecule has 0 bridgehead atoms. The number of para-hydroxylation sites is 1. The maximum absolute atomic E-state index is 14.0. The van der Waals surface area contributed by atoms with Crippen molar-refractivity contribution in [2.24, 2.45) is 0 Å². The molecule has 1 N–H and O–H groups in total. The first-order valence-electron chi connectivity index (χ1n) is 10.2. The van der Waals surface area contributed by atoms with E-state index in [9.17, 15) is 9.90 Å². The molecule has 0 saturated heterocycles. The largest absolute Gasteiger partial charge is 0.508 e. The lowest BCUT2D eigenvalue weighted by Gasteiger charge is -2.30. The number of fused-ring (bicyclic) bond motifs is 1. The highest BCUT2D eigenvalue weighted by molar-refractivity contribution is 9.10. The van der Waals surface area contributed by atoms with Gasteiger partial charge in [0.15, 0.2) is 0 Å². The Labute approximate surface area is 189 Å². The zero-order valence-corrected chi connectivity index (χ0v) is 18.2. The van der Waals surface area contributed by atoms with Gasteiger partial charge in [0, 0.05) is 15.7 Å². The highest BCUT2D eigenvalue weighted by Gasteiger charge is 2.43. The molecule has 0 fully saturated rings. The van der Waals surface area contributed by atoms with Crippen molar-refractivity contribution < 1.29 is 9.90 Å². The van der Waals surface area contributed by atoms with Crippen LogP contribution in [-0.4, -0.2) is 11.0 Å². The van der Waals surface area contributed by atoms with Crippen LogP contribution in [0, 0.1) is 0 Å². The molecule has 1 unspecified atom stereocenters. The lowest BCUT2D eigenvalue weighted by molar-refractivity contribution is -0.118. The first-order chi connectivity index (χ1) is 15.1. The molecule has 0 spiro atoms. The van der Waals surface area contributed by atoms with Crippen molar-refractivity contribution in [1.29, 1.82) is 0 Å². The monoisotopic (exact) mass is 469 g/mol. The molecule has 31 heavy (non-hydrogen) atoms. The Kier molecular flexibility index (Phi) is 5.08. The Morgan fingerprint density at radius 2 is 1.32 bits per heavy atom. The van der Waals surface area contributed by atoms with Crippen LogP contribution in [0.1, 0.15) is 34.2 Å². The van der Waals surface area contributed by atoms with Crippen LogP contribution in [0.15, 0.2) is 108 Å².